The van der Waals surface area contributed by atoms with E-state index in [0.717, 1.165) is 28.2 Å². The second kappa shape index (κ2) is 12.1. The fraction of sp³-hybridized carbons (Fsp3) is 0.143. The maximum absolute atomic E-state index is 11.2. The third-order valence-electron chi connectivity index (χ3n) is 5.01. The van der Waals surface area contributed by atoms with Crippen molar-refractivity contribution in [3.8, 4) is 0 Å². The molecule has 0 aromatic heterocycles. The van der Waals surface area contributed by atoms with Crippen LogP contribution in [0.3, 0.4) is 0 Å². The predicted molar refractivity (Wildman–Crippen MR) is 131 cm³/mol. The molecule has 3 rings (SSSR count). The summed E-state index contributed by atoms with van der Waals surface area (Å²) in [6.45, 7) is 7.44. The van der Waals surface area contributed by atoms with Crippen LogP contribution in [-0.2, 0) is 31.9 Å². The molecular weight excluding hydrogens is 414 g/mol. The number of carbonyl (C=O) groups excluding carboxylic acids is 2. The summed E-state index contributed by atoms with van der Waals surface area (Å²) in [6.07, 6.45) is 3.60. The van der Waals surface area contributed by atoms with Crippen molar-refractivity contribution in [1.29, 1.82) is 0 Å². The van der Waals surface area contributed by atoms with E-state index in [1.54, 1.807) is 0 Å². The van der Waals surface area contributed by atoms with Crippen LogP contribution >= 0.6 is 0 Å². The van der Waals surface area contributed by atoms with Gasteiger partial charge in [0.05, 0.1) is 13.2 Å². The fourth-order valence-electron chi connectivity index (χ4n) is 3.30. The van der Waals surface area contributed by atoms with Gasteiger partial charge in [0.2, 0.25) is 0 Å². The monoisotopic (exact) mass is 441 g/mol. The molecule has 0 amide bonds. The lowest BCUT2D eigenvalue weighted by atomic mass is 10.1. The average Bonchev–Trinajstić information content (AvgIpc) is 2.86. The number of hydrogen-bond donors (Lipinski definition) is 0. The Hall–Kier alpha value is -4.12. The van der Waals surface area contributed by atoms with Gasteiger partial charge < -0.3 is 14.4 Å². The van der Waals surface area contributed by atoms with Crippen molar-refractivity contribution in [2.24, 2.45) is 0 Å². The summed E-state index contributed by atoms with van der Waals surface area (Å²) in [5, 5.41) is 0. The van der Waals surface area contributed by atoms with Crippen LogP contribution in [0.15, 0.2) is 104 Å². The maximum atomic E-state index is 11.2. The summed E-state index contributed by atoms with van der Waals surface area (Å²) in [7, 11) is 0. The standard InChI is InChI=1S/C28H27NO4/c1-3-27(30)32-20-18-22-10-14-25(15-11-22)29(24-8-6-5-7-9-24)26-16-12-23(13-17-26)19-21-33-28(31)4-2/h3-17H,1-2,18-21H2. The van der Waals surface area contributed by atoms with Gasteiger partial charge in [-0.05, 0) is 47.5 Å². The van der Waals surface area contributed by atoms with Crippen LogP contribution in [0.2, 0.25) is 0 Å². The van der Waals surface area contributed by atoms with Crippen LogP contribution < -0.4 is 4.90 Å². The number of esters is 2. The van der Waals surface area contributed by atoms with E-state index in [1.807, 2.05) is 42.5 Å². The van der Waals surface area contributed by atoms with E-state index in [4.69, 9.17) is 9.47 Å². The molecule has 5 nitrogen and oxygen atoms in total. The van der Waals surface area contributed by atoms with Crippen LogP contribution in [-0.4, -0.2) is 25.2 Å². The van der Waals surface area contributed by atoms with E-state index in [-0.39, 0.29) is 0 Å². The van der Waals surface area contributed by atoms with Crippen molar-refractivity contribution in [3.05, 3.63) is 115 Å². The van der Waals surface area contributed by atoms with Crippen LogP contribution in [0.25, 0.3) is 0 Å². The molecule has 0 spiro atoms. The van der Waals surface area contributed by atoms with E-state index in [0.29, 0.717) is 26.1 Å². The Balaban J connectivity index is 1.76. The summed E-state index contributed by atoms with van der Waals surface area (Å²) in [5.41, 5.74) is 5.22. The highest BCUT2D eigenvalue weighted by Crippen LogP contribution is 2.34. The molecule has 33 heavy (non-hydrogen) atoms. The zero-order chi connectivity index (χ0) is 23.5. The molecule has 0 heterocycles. The SMILES string of the molecule is C=CC(=O)OCCc1ccc(N(c2ccccc2)c2ccc(CCOC(=O)C=C)cc2)cc1. The summed E-state index contributed by atoms with van der Waals surface area (Å²) in [6, 6.07) is 26.5. The van der Waals surface area contributed by atoms with E-state index < -0.39 is 11.9 Å². The van der Waals surface area contributed by atoms with Gasteiger partial charge in [0.1, 0.15) is 0 Å². The van der Waals surface area contributed by atoms with Crippen LogP contribution in [0.1, 0.15) is 11.1 Å². The van der Waals surface area contributed by atoms with Crippen molar-refractivity contribution < 1.29 is 19.1 Å². The van der Waals surface area contributed by atoms with E-state index in [9.17, 15) is 9.59 Å². The van der Waals surface area contributed by atoms with Gasteiger partial charge in [0.15, 0.2) is 0 Å². The third kappa shape index (κ3) is 6.94. The molecule has 0 saturated heterocycles. The summed E-state index contributed by atoms with van der Waals surface area (Å²) in [4.78, 5) is 24.6. The smallest absolute Gasteiger partial charge is 0.330 e. The van der Waals surface area contributed by atoms with Gasteiger partial charge in [0, 0.05) is 42.1 Å². The molecule has 0 N–H and O–H groups in total. The second-order valence-electron chi connectivity index (χ2n) is 7.25. The fourth-order valence-corrected chi connectivity index (χ4v) is 3.30. The number of para-hydroxylation sites is 1. The van der Waals surface area contributed by atoms with Crippen LogP contribution in [0.4, 0.5) is 17.1 Å². The van der Waals surface area contributed by atoms with E-state index in [2.05, 4.69) is 54.5 Å². The molecule has 0 radical (unpaired) electrons. The quantitative estimate of drug-likeness (QED) is 0.282. The molecule has 0 unspecified atom stereocenters. The number of hydrogen-bond acceptors (Lipinski definition) is 5. The Morgan fingerprint density at radius 1 is 0.636 bits per heavy atom. The topological polar surface area (TPSA) is 55.8 Å². The molecule has 5 heteroatoms. The van der Waals surface area contributed by atoms with E-state index in [1.165, 1.54) is 12.2 Å². The highest BCUT2D eigenvalue weighted by Gasteiger charge is 2.12. The number of anilines is 3. The van der Waals surface area contributed by atoms with Gasteiger partial charge in [-0.1, -0.05) is 55.6 Å². The molecule has 0 atom stereocenters. The highest BCUT2D eigenvalue weighted by molar-refractivity contribution is 5.81. The first-order valence-corrected chi connectivity index (χ1v) is 10.7. The Morgan fingerprint density at radius 3 is 1.42 bits per heavy atom. The maximum Gasteiger partial charge on any atom is 0.330 e. The van der Waals surface area contributed by atoms with Gasteiger partial charge in [-0.15, -0.1) is 0 Å². The minimum Gasteiger partial charge on any atom is -0.462 e. The van der Waals surface area contributed by atoms with Gasteiger partial charge in [-0.2, -0.15) is 0 Å². The molecule has 0 aliphatic carbocycles. The van der Waals surface area contributed by atoms with Crippen molar-refractivity contribution >= 4 is 29.0 Å². The minimum atomic E-state index is -0.413. The van der Waals surface area contributed by atoms with E-state index >= 15 is 0 Å². The van der Waals surface area contributed by atoms with Gasteiger partial charge in [0.25, 0.3) is 0 Å². The Kier molecular flexibility index (Phi) is 8.60. The highest BCUT2D eigenvalue weighted by atomic mass is 16.5. The molecular formula is C28H27NO4. The molecule has 0 aliphatic rings. The Morgan fingerprint density at radius 2 is 1.03 bits per heavy atom. The zero-order valence-corrected chi connectivity index (χ0v) is 18.5. The molecule has 3 aromatic carbocycles. The third-order valence-corrected chi connectivity index (χ3v) is 5.01. The molecule has 168 valence electrons. The van der Waals surface area contributed by atoms with Crippen LogP contribution in [0, 0.1) is 0 Å². The normalized spacial score (nSPS) is 10.2. The lowest BCUT2D eigenvalue weighted by Gasteiger charge is -2.26. The number of rotatable bonds is 11. The number of nitrogens with zero attached hydrogens (tertiary/aromatic N) is 1. The molecule has 0 fully saturated rings. The van der Waals surface area contributed by atoms with Crippen molar-refractivity contribution in [1.82, 2.24) is 0 Å². The number of ether oxygens (including phenoxy) is 2. The number of carbonyl (C=O) groups is 2. The molecule has 3 aromatic rings. The summed E-state index contributed by atoms with van der Waals surface area (Å²) in [5.74, 6) is -0.826. The first-order chi connectivity index (χ1) is 16.1. The van der Waals surface area contributed by atoms with Crippen molar-refractivity contribution in [3.63, 3.8) is 0 Å². The largest absolute Gasteiger partial charge is 0.462 e. The van der Waals surface area contributed by atoms with Gasteiger partial charge in [-0.25, -0.2) is 9.59 Å². The Bertz CT molecular complexity index is 1000. The first kappa shape index (κ1) is 23.5. The molecule has 0 aliphatic heterocycles. The first-order valence-electron chi connectivity index (χ1n) is 10.7. The van der Waals surface area contributed by atoms with Crippen LogP contribution in [0.5, 0.6) is 0 Å². The summed E-state index contributed by atoms with van der Waals surface area (Å²) >= 11 is 0. The lowest BCUT2D eigenvalue weighted by Crippen LogP contribution is -2.10. The lowest BCUT2D eigenvalue weighted by molar-refractivity contribution is -0.138. The van der Waals surface area contributed by atoms with Gasteiger partial charge in [-0.3, -0.25) is 0 Å². The van der Waals surface area contributed by atoms with Crippen molar-refractivity contribution in [2.45, 2.75) is 12.8 Å². The van der Waals surface area contributed by atoms with Crippen molar-refractivity contribution in [2.75, 3.05) is 18.1 Å². The predicted octanol–water partition coefficient (Wildman–Crippen LogP) is 5.70. The Labute approximate surface area is 194 Å². The second-order valence-corrected chi connectivity index (χ2v) is 7.25. The minimum absolute atomic E-state index is 0.316. The summed E-state index contributed by atoms with van der Waals surface area (Å²) < 4.78 is 10.1. The van der Waals surface area contributed by atoms with Gasteiger partial charge >= 0.3 is 11.9 Å². The number of benzene rings is 3. The average molecular weight is 442 g/mol. The molecule has 0 saturated carbocycles. The molecule has 0 bridgehead atoms. The zero-order valence-electron chi connectivity index (χ0n) is 18.5.